The molecule has 0 aromatic heterocycles. The molecule has 16 heavy (non-hydrogen) atoms. The molecular weight excluding hydrogens is 201 g/mol. The molecule has 0 amide bonds. The Balaban J connectivity index is 2.50. The van der Waals surface area contributed by atoms with Crippen molar-refractivity contribution in [3.8, 4) is 0 Å². The summed E-state index contributed by atoms with van der Waals surface area (Å²) in [4.78, 5) is 2.35. The average Bonchev–Trinajstić information content (AvgIpc) is 2.20. The highest BCUT2D eigenvalue weighted by Gasteiger charge is 2.16. The summed E-state index contributed by atoms with van der Waals surface area (Å²) < 4.78 is 13.7. The summed E-state index contributed by atoms with van der Waals surface area (Å²) in [5.41, 5.74) is 1.87. The van der Waals surface area contributed by atoms with Gasteiger partial charge in [-0.15, -0.1) is 0 Å². The van der Waals surface area contributed by atoms with Crippen LogP contribution in [0.15, 0.2) is 23.0 Å². The number of piperidine rings is 1. The first-order valence-electron chi connectivity index (χ1n) is 6.21. The van der Waals surface area contributed by atoms with E-state index in [1.807, 2.05) is 20.8 Å². The maximum absolute atomic E-state index is 13.7. The van der Waals surface area contributed by atoms with Crippen molar-refractivity contribution in [1.82, 2.24) is 4.90 Å². The lowest BCUT2D eigenvalue weighted by atomic mass is 9.99. The van der Waals surface area contributed by atoms with Gasteiger partial charge in [0.15, 0.2) is 0 Å². The predicted octanol–water partition coefficient (Wildman–Crippen LogP) is 3.93. The van der Waals surface area contributed by atoms with Gasteiger partial charge in [-0.25, -0.2) is 4.39 Å². The third-order valence-electron chi connectivity index (χ3n) is 3.16. The average molecular weight is 225 g/mol. The molecule has 0 aromatic carbocycles. The van der Waals surface area contributed by atoms with Crippen molar-refractivity contribution in [2.45, 2.75) is 40.5 Å². The molecule has 0 unspecified atom stereocenters. The number of allylic oxidation sites excluding steroid dienone is 3. The van der Waals surface area contributed by atoms with E-state index in [9.17, 15) is 4.39 Å². The lowest BCUT2D eigenvalue weighted by Gasteiger charge is -2.30. The summed E-state index contributed by atoms with van der Waals surface area (Å²) in [6, 6.07) is 0. The van der Waals surface area contributed by atoms with Crippen LogP contribution in [-0.4, -0.2) is 24.5 Å². The summed E-state index contributed by atoms with van der Waals surface area (Å²) in [7, 11) is 0. The monoisotopic (exact) mass is 225 g/mol. The molecule has 1 rings (SSSR count). The van der Waals surface area contributed by atoms with E-state index in [1.54, 1.807) is 6.08 Å². The van der Waals surface area contributed by atoms with Crippen molar-refractivity contribution >= 4 is 0 Å². The normalized spacial score (nSPS) is 20.6. The molecule has 0 N–H and O–H groups in total. The lowest BCUT2D eigenvalue weighted by Crippen LogP contribution is -2.34. The first kappa shape index (κ1) is 13.4. The highest BCUT2D eigenvalue weighted by Crippen LogP contribution is 2.18. The van der Waals surface area contributed by atoms with Gasteiger partial charge in [-0.2, -0.15) is 0 Å². The fourth-order valence-corrected chi connectivity index (χ4v) is 2.01. The van der Waals surface area contributed by atoms with Gasteiger partial charge in [-0.05, 0) is 64.3 Å². The number of rotatable bonds is 3. The van der Waals surface area contributed by atoms with Gasteiger partial charge in [0.05, 0.1) is 0 Å². The van der Waals surface area contributed by atoms with Crippen molar-refractivity contribution < 1.29 is 4.39 Å². The maximum atomic E-state index is 13.7. The first-order chi connectivity index (χ1) is 7.49. The second-order valence-corrected chi connectivity index (χ2v) is 5.31. The molecule has 0 saturated carbocycles. The minimum atomic E-state index is -0.0568. The van der Waals surface area contributed by atoms with Crippen molar-refractivity contribution in [2.24, 2.45) is 5.92 Å². The molecule has 2 heteroatoms. The van der Waals surface area contributed by atoms with Crippen molar-refractivity contribution in [1.29, 1.82) is 0 Å². The molecule has 1 heterocycles. The summed E-state index contributed by atoms with van der Waals surface area (Å²) in [6.45, 7) is 11.0. The Kier molecular flexibility index (Phi) is 5.20. The van der Waals surface area contributed by atoms with E-state index in [0.717, 1.165) is 36.7 Å². The Labute approximate surface area is 99.0 Å². The van der Waals surface area contributed by atoms with E-state index in [0.29, 0.717) is 0 Å². The lowest BCUT2D eigenvalue weighted by molar-refractivity contribution is 0.205. The Morgan fingerprint density at radius 2 is 1.81 bits per heavy atom. The van der Waals surface area contributed by atoms with Gasteiger partial charge in [0, 0.05) is 6.54 Å². The Morgan fingerprint density at radius 3 is 2.31 bits per heavy atom. The first-order valence-corrected chi connectivity index (χ1v) is 6.21. The maximum Gasteiger partial charge on any atom is 0.123 e. The SMILES string of the molecule is CC(C)=C/C(F)=C(\C)CN1CCC(C)CC1. The van der Waals surface area contributed by atoms with Crippen LogP contribution < -0.4 is 0 Å². The van der Waals surface area contributed by atoms with E-state index in [-0.39, 0.29) is 5.83 Å². The summed E-state index contributed by atoms with van der Waals surface area (Å²) in [5, 5.41) is 0. The molecule has 1 aliphatic heterocycles. The molecule has 1 fully saturated rings. The minimum absolute atomic E-state index is 0.0568. The van der Waals surface area contributed by atoms with Crippen LogP contribution in [-0.2, 0) is 0 Å². The third-order valence-corrected chi connectivity index (χ3v) is 3.16. The molecule has 0 bridgehead atoms. The zero-order valence-corrected chi connectivity index (χ0v) is 11.0. The Bertz CT molecular complexity index is 279. The molecule has 0 spiro atoms. The zero-order valence-electron chi connectivity index (χ0n) is 11.0. The van der Waals surface area contributed by atoms with E-state index in [2.05, 4.69) is 11.8 Å². The van der Waals surface area contributed by atoms with Crippen LogP contribution in [0.4, 0.5) is 4.39 Å². The molecule has 0 aliphatic carbocycles. The zero-order chi connectivity index (χ0) is 12.1. The van der Waals surface area contributed by atoms with Crippen LogP contribution in [0.1, 0.15) is 40.5 Å². The highest BCUT2D eigenvalue weighted by atomic mass is 19.1. The molecule has 0 aromatic rings. The topological polar surface area (TPSA) is 3.24 Å². The van der Waals surface area contributed by atoms with Gasteiger partial charge in [0.1, 0.15) is 5.83 Å². The largest absolute Gasteiger partial charge is 0.299 e. The van der Waals surface area contributed by atoms with Crippen LogP contribution in [0.3, 0.4) is 0 Å². The van der Waals surface area contributed by atoms with Crippen LogP contribution >= 0.6 is 0 Å². The van der Waals surface area contributed by atoms with E-state index in [4.69, 9.17) is 0 Å². The number of nitrogens with zero attached hydrogens (tertiary/aromatic N) is 1. The van der Waals surface area contributed by atoms with E-state index >= 15 is 0 Å². The number of likely N-dealkylation sites (tertiary alicyclic amines) is 1. The van der Waals surface area contributed by atoms with Gasteiger partial charge < -0.3 is 0 Å². The van der Waals surface area contributed by atoms with Crippen molar-refractivity contribution in [2.75, 3.05) is 19.6 Å². The third kappa shape index (κ3) is 4.48. The number of halogens is 1. The summed E-state index contributed by atoms with van der Waals surface area (Å²) >= 11 is 0. The minimum Gasteiger partial charge on any atom is -0.299 e. The second kappa shape index (κ2) is 6.19. The van der Waals surface area contributed by atoms with E-state index < -0.39 is 0 Å². The molecule has 1 aliphatic rings. The Morgan fingerprint density at radius 1 is 1.25 bits per heavy atom. The molecular formula is C14H24FN. The van der Waals surface area contributed by atoms with Crippen molar-refractivity contribution in [3.63, 3.8) is 0 Å². The molecule has 1 saturated heterocycles. The molecule has 0 atom stereocenters. The highest BCUT2D eigenvalue weighted by molar-refractivity contribution is 5.21. The van der Waals surface area contributed by atoms with Crippen LogP contribution in [0, 0.1) is 5.92 Å². The van der Waals surface area contributed by atoms with E-state index in [1.165, 1.54) is 12.8 Å². The van der Waals surface area contributed by atoms with Crippen LogP contribution in [0.2, 0.25) is 0 Å². The molecule has 0 radical (unpaired) electrons. The van der Waals surface area contributed by atoms with Crippen LogP contribution in [0.5, 0.6) is 0 Å². The fourth-order valence-electron chi connectivity index (χ4n) is 2.01. The molecule has 1 nitrogen and oxygen atoms in total. The van der Waals surface area contributed by atoms with Crippen LogP contribution in [0.25, 0.3) is 0 Å². The quantitative estimate of drug-likeness (QED) is 0.658. The van der Waals surface area contributed by atoms with Gasteiger partial charge >= 0.3 is 0 Å². The smallest absolute Gasteiger partial charge is 0.123 e. The predicted molar refractivity (Wildman–Crippen MR) is 68.1 cm³/mol. The number of hydrogen-bond donors (Lipinski definition) is 0. The standard InChI is InChI=1S/C14H24FN/c1-11(2)9-14(15)13(4)10-16-7-5-12(3)6-8-16/h9,12H,5-8,10H2,1-4H3/b14-13-. The van der Waals surface area contributed by atoms with Gasteiger partial charge in [0.25, 0.3) is 0 Å². The van der Waals surface area contributed by atoms with Gasteiger partial charge in [0.2, 0.25) is 0 Å². The summed E-state index contributed by atoms with van der Waals surface area (Å²) in [6.07, 6.45) is 4.12. The summed E-state index contributed by atoms with van der Waals surface area (Å²) in [5.74, 6) is 0.779. The van der Waals surface area contributed by atoms with Gasteiger partial charge in [-0.1, -0.05) is 12.5 Å². The van der Waals surface area contributed by atoms with Gasteiger partial charge in [-0.3, -0.25) is 4.90 Å². The van der Waals surface area contributed by atoms with Crippen molar-refractivity contribution in [3.05, 3.63) is 23.0 Å². The second-order valence-electron chi connectivity index (χ2n) is 5.31. The molecule has 92 valence electrons. The number of hydrogen-bond acceptors (Lipinski definition) is 1. The Hall–Kier alpha value is -0.630. The fraction of sp³-hybridized carbons (Fsp3) is 0.714.